The second-order valence-electron chi connectivity index (χ2n) is 7.01. The predicted molar refractivity (Wildman–Crippen MR) is 117 cm³/mol. The molecule has 1 aromatic carbocycles. The summed E-state index contributed by atoms with van der Waals surface area (Å²) >= 11 is 0. The highest BCUT2D eigenvalue weighted by Gasteiger charge is 2.21. The molecule has 0 aliphatic carbocycles. The maximum atomic E-state index is 13.0. The van der Waals surface area contributed by atoms with E-state index in [1.165, 1.54) is 7.11 Å². The number of pyridine rings is 2. The lowest BCUT2D eigenvalue weighted by Gasteiger charge is -2.19. The second-order valence-corrected chi connectivity index (χ2v) is 7.01. The smallest absolute Gasteiger partial charge is 0.337 e. The molecule has 0 aliphatic heterocycles. The Hall–Kier alpha value is -3.58. The Kier molecular flexibility index (Phi) is 8.25. The van der Waals surface area contributed by atoms with Crippen LogP contribution in [0.2, 0.25) is 0 Å². The molecular weight excluding hydrogens is 392 g/mol. The van der Waals surface area contributed by atoms with E-state index >= 15 is 0 Å². The molecule has 0 spiro atoms. The van der Waals surface area contributed by atoms with Gasteiger partial charge in [0.25, 0.3) is 0 Å². The van der Waals surface area contributed by atoms with E-state index in [1.807, 2.05) is 30.3 Å². The number of nitrogens with zero attached hydrogens (tertiary/aromatic N) is 2. The fraction of sp³-hybridized carbons (Fsp3) is 0.250. The summed E-state index contributed by atoms with van der Waals surface area (Å²) in [7, 11) is 1.34. The van der Waals surface area contributed by atoms with E-state index in [-0.39, 0.29) is 5.91 Å². The number of ether oxygens (including phenoxy) is 1. The van der Waals surface area contributed by atoms with Gasteiger partial charge >= 0.3 is 5.97 Å². The Morgan fingerprint density at radius 1 is 0.903 bits per heavy atom. The highest BCUT2D eigenvalue weighted by atomic mass is 16.5. The molecule has 0 bridgehead atoms. The zero-order valence-corrected chi connectivity index (χ0v) is 17.5. The lowest BCUT2D eigenvalue weighted by molar-refractivity contribution is -0.123. The molecule has 7 nitrogen and oxygen atoms in total. The molecule has 2 heterocycles. The summed E-state index contributed by atoms with van der Waals surface area (Å²) in [6.45, 7) is 1.09. The molecular formula is C24H26N4O3. The van der Waals surface area contributed by atoms with Crippen LogP contribution in [0, 0.1) is 0 Å². The lowest BCUT2D eigenvalue weighted by Crippen LogP contribution is -2.39. The van der Waals surface area contributed by atoms with Gasteiger partial charge in [-0.3, -0.25) is 14.8 Å². The van der Waals surface area contributed by atoms with Crippen LogP contribution in [0.4, 0.5) is 0 Å². The molecule has 31 heavy (non-hydrogen) atoms. The Labute approximate surface area is 181 Å². The molecule has 3 rings (SSSR count). The molecule has 1 atom stereocenters. The highest BCUT2D eigenvalue weighted by Crippen LogP contribution is 2.16. The van der Waals surface area contributed by atoms with Crippen molar-refractivity contribution in [2.24, 2.45) is 0 Å². The Bertz CT molecular complexity index is 980. The van der Waals surface area contributed by atoms with Crippen molar-refractivity contribution in [3.63, 3.8) is 0 Å². The summed E-state index contributed by atoms with van der Waals surface area (Å²) in [5, 5.41) is 6.32. The standard InChI is InChI=1S/C24H26N4O3/c1-31-24(30)21-4-2-3-20(17-21)22(27-15-9-18-5-11-25-12-6-18)23(29)28-16-10-19-7-13-26-14-8-19/h2-8,11-14,17,22,27H,9-10,15-16H2,1H3,(H,28,29). The first-order valence-corrected chi connectivity index (χ1v) is 10.1. The van der Waals surface area contributed by atoms with Gasteiger partial charge in [-0.25, -0.2) is 4.79 Å². The van der Waals surface area contributed by atoms with Crippen LogP contribution in [0.3, 0.4) is 0 Å². The summed E-state index contributed by atoms with van der Waals surface area (Å²) in [6, 6.07) is 14.1. The van der Waals surface area contributed by atoms with Crippen molar-refractivity contribution in [3.05, 3.63) is 95.6 Å². The monoisotopic (exact) mass is 418 g/mol. The molecule has 160 valence electrons. The fourth-order valence-electron chi connectivity index (χ4n) is 3.22. The Morgan fingerprint density at radius 2 is 1.52 bits per heavy atom. The molecule has 0 saturated heterocycles. The minimum absolute atomic E-state index is 0.147. The normalized spacial score (nSPS) is 11.5. The van der Waals surface area contributed by atoms with Crippen molar-refractivity contribution < 1.29 is 14.3 Å². The molecule has 0 fully saturated rings. The average molecular weight is 418 g/mol. The van der Waals surface area contributed by atoms with Crippen molar-refractivity contribution in [1.82, 2.24) is 20.6 Å². The van der Waals surface area contributed by atoms with Crippen LogP contribution in [0.1, 0.15) is 33.1 Å². The number of rotatable bonds is 10. The molecule has 7 heteroatoms. The Morgan fingerprint density at radius 3 is 2.13 bits per heavy atom. The van der Waals surface area contributed by atoms with Crippen LogP contribution in [-0.2, 0) is 22.4 Å². The number of benzene rings is 1. The van der Waals surface area contributed by atoms with Crippen molar-refractivity contribution in [2.75, 3.05) is 20.2 Å². The Balaban J connectivity index is 1.68. The van der Waals surface area contributed by atoms with E-state index in [0.717, 1.165) is 17.5 Å². The minimum atomic E-state index is -0.594. The molecule has 0 aliphatic rings. The summed E-state index contributed by atoms with van der Waals surface area (Å²) in [5.74, 6) is -0.582. The lowest BCUT2D eigenvalue weighted by atomic mass is 10.0. The largest absolute Gasteiger partial charge is 0.465 e. The fourth-order valence-corrected chi connectivity index (χ4v) is 3.22. The van der Waals surface area contributed by atoms with Gasteiger partial charge < -0.3 is 15.4 Å². The number of carbonyl (C=O) groups is 2. The van der Waals surface area contributed by atoms with Gasteiger partial charge in [0.1, 0.15) is 6.04 Å². The number of amides is 1. The summed E-state index contributed by atoms with van der Waals surface area (Å²) in [6.07, 6.45) is 8.43. The van der Waals surface area contributed by atoms with Gasteiger partial charge in [-0.1, -0.05) is 12.1 Å². The van der Waals surface area contributed by atoms with Gasteiger partial charge in [-0.15, -0.1) is 0 Å². The molecule has 0 saturated carbocycles. The van der Waals surface area contributed by atoms with E-state index < -0.39 is 12.0 Å². The number of aromatic nitrogens is 2. The van der Waals surface area contributed by atoms with Crippen molar-refractivity contribution >= 4 is 11.9 Å². The summed E-state index contributed by atoms with van der Waals surface area (Å²) < 4.78 is 4.81. The maximum absolute atomic E-state index is 13.0. The van der Waals surface area contributed by atoms with Gasteiger partial charge in [0.05, 0.1) is 12.7 Å². The van der Waals surface area contributed by atoms with Gasteiger partial charge in [0.15, 0.2) is 0 Å². The first-order valence-electron chi connectivity index (χ1n) is 10.1. The second kappa shape index (κ2) is 11.6. The molecule has 1 amide bonds. The summed E-state index contributed by atoms with van der Waals surface area (Å²) in [5.41, 5.74) is 3.34. The zero-order valence-electron chi connectivity index (χ0n) is 17.5. The SMILES string of the molecule is COC(=O)c1cccc(C(NCCc2ccncc2)C(=O)NCCc2ccncc2)c1. The summed E-state index contributed by atoms with van der Waals surface area (Å²) in [4.78, 5) is 33.0. The zero-order chi connectivity index (χ0) is 21.9. The van der Waals surface area contributed by atoms with E-state index in [4.69, 9.17) is 4.74 Å². The predicted octanol–water partition coefficient (Wildman–Crippen LogP) is 2.50. The number of carbonyl (C=O) groups excluding carboxylic acids is 2. The minimum Gasteiger partial charge on any atom is -0.465 e. The number of esters is 1. The number of nitrogens with one attached hydrogen (secondary N) is 2. The van der Waals surface area contributed by atoms with Gasteiger partial charge in [-0.2, -0.15) is 0 Å². The number of hydrogen-bond donors (Lipinski definition) is 2. The van der Waals surface area contributed by atoms with Gasteiger partial charge in [0, 0.05) is 37.9 Å². The number of hydrogen-bond acceptors (Lipinski definition) is 6. The first-order chi connectivity index (χ1) is 15.2. The van der Waals surface area contributed by atoms with Crippen molar-refractivity contribution in [2.45, 2.75) is 18.9 Å². The molecule has 3 aromatic rings. The maximum Gasteiger partial charge on any atom is 0.337 e. The number of methoxy groups -OCH3 is 1. The quantitative estimate of drug-likeness (QED) is 0.492. The van der Waals surface area contributed by atoms with Crippen LogP contribution in [0.25, 0.3) is 0 Å². The van der Waals surface area contributed by atoms with Crippen LogP contribution >= 0.6 is 0 Å². The van der Waals surface area contributed by atoms with E-state index in [0.29, 0.717) is 30.6 Å². The van der Waals surface area contributed by atoms with Crippen LogP contribution in [-0.4, -0.2) is 42.0 Å². The van der Waals surface area contributed by atoms with Crippen LogP contribution < -0.4 is 10.6 Å². The van der Waals surface area contributed by atoms with Gasteiger partial charge in [-0.05, 0) is 65.9 Å². The van der Waals surface area contributed by atoms with E-state index in [9.17, 15) is 9.59 Å². The third kappa shape index (κ3) is 6.72. The highest BCUT2D eigenvalue weighted by molar-refractivity contribution is 5.90. The van der Waals surface area contributed by atoms with Crippen LogP contribution in [0.5, 0.6) is 0 Å². The first kappa shape index (κ1) is 22.1. The van der Waals surface area contributed by atoms with Crippen LogP contribution in [0.15, 0.2) is 73.3 Å². The van der Waals surface area contributed by atoms with Gasteiger partial charge in [0.2, 0.25) is 5.91 Å². The average Bonchev–Trinajstić information content (AvgIpc) is 2.82. The molecule has 2 N–H and O–H groups in total. The molecule has 1 unspecified atom stereocenters. The molecule has 2 aromatic heterocycles. The topological polar surface area (TPSA) is 93.2 Å². The van der Waals surface area contributed by atoms with E-state index in [1.54, 1.807) is 43.0 Å². The third-order valence-corrected chi connectivity index (χ3v) is 4.88. The molecule has 0 radical (unpaired) electrons. The van der Waals surface area contributed by atoms with E-state index in [2.05, 4.69) is 20.6 Å². The van der Waals surface area contributed by atoms with Crippen molar-refractivity contribution in [1.29, 1.82) is 0 Å². The van der Waals surface area contributed by atoms with Crippen molar-refractivity contribution in [3.8, 4) is 0 Å². The third-order valence-electron chi connectivity index (χ3n) is 4.88.